The third-order valence-electron chi connectivity index (χ3n) is 2.98. The lowest BCUT2D eigenvalue weighted by atomic mass is 10.1. The fourth-order valence-electron chi connectivity index (χ4n) is 2.03. The second kappa shape index (κ2) is 5.37. The van der Waals surface area contributed by atoms with E-state index in [1.165, 1.54) is 26.6 Å². The van der Waals surface area contributed by atoms with Crippen molar-refractivity contribution in [2.75, 3.05) is 5.32 Å². The lowest BCUT2D eigenvalue weighted by Gasteiger charge is -2.13. The van der Waals surface area contributed by atoms with Crippen molar-refractivity contribution in [3.8, 4) is 0 Å². The number of thiophene rings is 1. The number of para-hydroxylation sites is 1. The zero-order valence-corrected chi connectivity index (χ0v) is 11.5. The molecular weight excluding hydrogens is 226 g/mol. The number of anilines is 1. The standard InChI is InChI=1S/C15H19NS/c1-4-13-7-5-6-11(2)15(13)16-10-14-9-8-12(3)17-14/h5-9,16H,4,10H2,1-3H3. The van der Waals surface area contributed by atoms with Crippen molar-refractivity contribution in [3.05, 3.63) is 51.2 Å². The van der Waals surface area contributed by atoms with Crippen molar-refractivity contribution in [1.82, 2.24) is 0 Å². The molecule has 0 atom stereocenters. The highest BCUT2D eigenvalue weighted by Gasteiger charge is 2.04. The van der Waals surface area contributed by atoms with Gasteiger partial charge in [-0.15, -0.1) is 11.3 Å². The van der Waals surface area contributed by atoms with E-state index in [9.17, 15) is 0 Å². The van der Waals surface area contributed by atoms with Crippen LogP contribution in [0.25, 0.3) is 0 Å². The fourth-order valence-corrected chi connectivity index (χ4v) is 2.86. The van der Waals surface area contributed by atoms with E-state index < -0.39 is 0 Å². The maximum Gasteiger partial charge on any atom is 0.0494 e. The summed E-state index contributed by atoms with van der Waals surface area (Å²) in [6, 6.07) is 10.9. The molecule has 0 spiro atoms. The van der Waals surface area contributed by atoms with Crippen LogP contribution in [0, 0.1) is 13.8 Å². The van der Waals surface area contributed by atoms with Gasteiger partial charge in [-0.3, -0.25) is 0 Å². The van der Waals surface area contributed by atoms with Gasteiger partial charge in [-0.2, -0.15) is 0 Å². The number of benzene rings is 1. The maximum absolute atomic E-state index is 3.57. The minimum absolute atomic E-state index is 0.927. The second-order valence-electron chi connectivity index (χ2n) is 4.33. The molecule has 0 aliphatic heterocycles. The van der Waals surface area contributed by atoms with E-state index in [1.807, 2.05) is 11.3 Å². The summed E-state index contributed by atoms with van der Waals surface area (Å²) in [4.78, 5) is 2.77. The van der Waals surface area contributed by atoms with Crippen molar-refractivity contribution in [2.24, 2.45) is 0 Å². The summed E-state index contributed by atoms with van der Waals surface area (Å²) >= 11 is 1.86. The van der Waals surface area contributed by atoms with Crippen molar-refractivity contribution >= 4 is 17.0 Å². The van der Waals surface area contributed by atoms with Crippen molar-refractivity contribution in [1.29, 1.82) is 0 Å². The maximum atomic E-state index is 3.57. The zero-order chi connectivity index (χ0) is 12.3. The number of hydrogen-bond acceptors (Lipinski definition) is 2. The molecule has 0 saturated carbocycles. The molecule has 90 valence electrons. The number of hydrogen-bond donors (Lipinski definition) is 1. The molecule has 0 unspecified atom stereocenters. The van der Waals surface area contributed by atoms with Crippen molar-refractivity contribution < 1.29 is 0 Å². The van der Waals surface area contributed by atoms with Crippen LogP contribution in [0.1, 0.15) is 27.8 Å². The molecule has 0 bridgehead atoms. The SMILES string of the molecule is CCc1cccc(C)c1NCc1ccc(C)s1. The summed E-state index contributed by atoms with van der Waals surface area (Å²) in [7, 11) is 0. The monoisotopic (exact) mass is 245 g/mol. The van der Waals surface area contributed by atoms with Crippen molar-refractivity contribution in [2.45, 2.75) is 33.7 Å². The molecule has 1 heterocycles. The Labute approximate surface area is 108 Å². The first-order valence-electron chi connectivity index (χ1n) is 6.08. The van der Waals surface area contributed by atoms with Gasteiger partial charge in [0.1, 0.15) is 0 Å². The van der Waals surface area contributed by atoms with Crippen LogP contribution in [0.4, 0.5) is 5.69 Å². The lowest BCUT2D eigenvalue weighted by Crippen LogP contribution is -2.02. The molecular formula is C15H19NS. The molecule has 0 fully saturated rings. The molecule has 0 aliphatic carbocycles. The van der Waals surface area contributed by atoms with Crippen LogP contribution in [0.2, 0.25) is 0 Å². The van der Waals surface area contributed by atoms with E-state index in [0.29, 0.717) is 0 Å². The Balaban J connectivity index is 2.13. The number of aryl methyl sites for hydroxylation is 3. The minimum atomic E-state index is 0.927. The van der Waals surface area contributed by atoms with Gasteiger partial charge in [0, 0.05) is 22.0 Å². The average Bonchev–Trinajstić information content (AvgIpc) is 2.73. The lowest BCUT2D eigenvalue weighted by molar-refractivity contribution is 1.09. The van der Waals surface area contributed by atoms with Gasteiger partial charge in [-0.05, 0) is 43.5 Å². The molecule has 2 heteroatoms. The van der Waals surface area contributed by atoms with Gasteiger partial charge in [0.15, 0.2) is 0 Å². The average molecular weight is 245 g/mol. The fraction of sp³-hybridized carbons (Fsp3) is 0.333. The van der Waals surface area contributed by atoms with Crippen LogP contribution in [0.15, 0.2) is 30.3 Å². The highest BCUT2D eigenvalue weighted by Crippen LogP contribution is 2.23. The number of rotatable bonds is 4. The minimum Gasteiger partial charge on any atom is -0.380 e. The molecule has 1 nitrogen and oxygen atoms in total. The third-order valence-corrected chi connectivity index (χ3v) is 3.98. The van der Waals surface area contributed by atoms with Crippen molar-refractivity contribution in [3.63, 3.8) is 0 Å². The molecule has 1 aromatic heterocycles. The topological polar surface area (TPSA) is 12.0 Å². The van der Waals surface area contributed by atoms with E-state index in [0.717, 1.165) is 13.0 Å². The molecule has 0 radical (unpaired) electrons. The first-order valence-corrected chi connectivity index (χ1v) is 6.90. The summed E-state index contributed by atoms with van der Waals surface area (Å²) in [5, 5.41) is 3.57. The van der Waals surface area contributed by atoms with Crippen LogP contribution in [-0.4, -0.2) is 0 Å². The normalized spacial score (nSPS) is 10.5. The Morgan fingerprint density at radius 3 is 2.59 bits per heavy atom. The molecule has 0 amide bonds. The predicted molar refractivity (Wildman–Crippen MR) is 76.9 cm³/mol. The van der Waals surface area contributed by atoms with Gasteiger partial charge in [-0.25, -0.2) is 0 Å². The second-order valence-corrected chi connectivity index (χ2v) is 5.70. The Hall–Kier alpha value is -1.28. The Kier molecular flexibility index (Phi) is 3.85. The van der Waals surface area contributed by atoms with Crippen LogP contribution < -0.4 is 5.32 Å². The molecule has 2 aromatic rings. The highest BCUT2D eigenvalue weighted by atomic mass is 32.1. The third kappa shape index (κ3) is 2.89. The number of nitrogens with one attached hydrogen (secondary N) is 1. The van der Waals surface area contributed by atoms with Gasteiger partial charge in [0.25, 0.3) is 0 Å². The first kappa shape index (κ1) is 12.2. The summed E-state index contributed by atoms with van der Waals surface area (Å²) in [5.41, 5.74) is 4.04. The van der Waals surface area contributed by atoms with E-state index in [-0.39, 0.29) is 0 Å². The smallest absolute Gasteiger partial charge is 0.0494 e. The van der Waals surface area contributed by atoms with E-state index >= 15 is 0 Å². The predicted octanol–water partition coefficient (Wildman–Crippen LogP) is 4.54. The first-order chi connectivity index (χ1) is 8.20. The molecule has 0 aliphatic rings. The Morgan fingerprint density at radius 1 is 1.12 bits per heavy atom. The summed E-state index contributed by atoms with van der Waals surface area (Å²) in [6.07, 6.45) is 1.08. The quantitative estimate of drug-likeness (QED) is 0.834. The summed E-state index contributed by atoms with van der Waals surface area (Å²) in [6.45, 7) is 7.45. The largest absolute Gasteiger partial charge is 0.380 e. The molecule has 17 heavy (non-hydrogen) atoms. The van der Waals surface area contributed by atoms with Crippen LogP contribution in [0.5, 0.6) is 0 Å². The summed E-state index contributed by atoms with van der Waals surface area (Å²) < 4.78 is 0. The zero-order valence-electron chi connectivity index (χ0n) is 10.7. The van der Waals surface area contributed by atoms with Gasteiger partial charge in [-0.1, -0.05) is 25.1 Å². The molecule has 1 N–H and O–H groups in total. The van der Waals surface area contributed by atoms with E-state index in [4.69, 9.17) is 0 Å². The van der Waals surface area contributed by atoms with Crippen LogP contribution >= 0.6 is 11.3 Å². The molecule has 2 rings (SSSR count). The van der Waals surface area contributed by atoms with Crippen LogP contribution in [0.3, 0.4) is 0 Å². The Bertz CT molecular complexity index is 499. The summed E-state index contributed by atoms with van der Waals surface area (Å²) in [5.74, 6) is 0. The Morgan fingerprint density at radius 2 is 1.94 bits per heavy atom. The van der Waals surface area contributed by atoms with Gasteiger partial charge < -0.3 is 5.32 Å². The van der Waals surface area contributed by atoms with Gasteiger partial charge in [0.2, 0.25) is 0 Å². The van der Waals surface area contributed by atoms with E-state index in [2.05, 4.69) is 56.4 Å². The molecule has 0 saturated heterocycles. The molecule has 1 aromatic carbocycles. The highest BCUT2D eigenvalue weighted by molar-refractivity contribution is 7.11. The van der Waals surface area contributed by atoms with Gasteiger partial charge in [0.05, 0.1) is 0 Å². The van der Waals surface area contributed by atoms with Gasteiger partial charge >= 0.3 is 0 Å². The van der Waals surface area contributed by atoms with Crippen LogP contribution in [-0.2, 0) is 13.0 Å². The van der Waals surface area contributed by atoms with E-state index in [1.54, 1.807) is 0 Å².